The molecule has 0 aromatic carbocycles. The lowest BCUT2D eigenvalue weighted by molar-refractivity contribution is 0.220. The van der Waals surface area contributed by atoms with Crippen molar-refractivity contribution in [1.82, 2.24) is 10.4 Å². The molecule has 0 heterocycles. The van der Waals surface area contributed by atoms with Gasteiger partial charge in [-0.05, 0) is 0 Å². The van der Waals surface area contributed by atoms with Gasteiger partial charge >= 0.3 is 6.03 Å². The number of amides is 2. The Hall–Kier alpha value is -1.10. The van der Waals surface area contributed by atoms with Crippen molar-refractivity contribution in [3.05, 3.63) is 0 Å². The lowest BCUT2D eigenvalue weighted by atomic mass is 10.7. The predicted octanol–water partition coefficient (Wildman–Crippen LogP) is 0.237. The molecule has 64 valence electrons. The third-order valence-electron chi connectivity index (χ3n) is 0.874. The molecule has 1 N–H and O–H groups in total. The summed E-state index contributed by atoms with van der Waals surface area (Å²) in [7, 11) is 4.87. The van der Waals surface area contributed by atoms with Gasteiger partial charge in [-0.25, -0.2) is 9.80 Å². The number of aliphatic imine (C=N–C) groups is 1. The van der Waals surface area contributed by atoms with Crippen LogP contribution in [0.1, 0.15) is 6.92 Å². The maximum Gasteiger partial charge on any atom is 0.358 e. The lowest BCUT2D eigenvalue weighted by Crippen LogP contribution is -2.34. The second-order valence-corrected chi connectivity index (χ2v) is 2.15. The molecule has 0 radical (unpaired) electrons. The Balaban J connectivity index is 3.86. The van der Waals surface area contributed by atoms with Crippen LogP contribution in [0, 0.1) is 0 Å². The van der Waals surface area contributed by atoms with Gasteiger partial charge in [0.15, 0.2) is 5.90 Å². The van der Waals surface area contributed by atoms with Gasteiger partial charge < -0.3 is 4.74 Å². The van der Waals surface area contributed by atoms with Crippen LogP contribution < -0.4 is 5.43 Å². The van der Waals surface area contributed by atoms with Crippen LogP contribution in [0.4, 0.5) is 4.79 Å². The summed E-state index contributed by atoms with van der Waals surface area (Å²) < 4.78 is 4.67. The molecule has 0 atom stereocenters. The Morgan fingerprint density at radius 1 is 1.55 bits per heavy atom. The number of nitrogens with one attached hydrogen (secondary N) is 1. The summed E-state index contributed by atoms with van der Waals surface area (Å²) in [5.41, 5.74) is 2.43. The summed E-state index contributed by atoms with van der Waals surface area (Å²) in [5.74, 6) is 0.337. The maximum atomic E-state index is 10.8. The van der Waals surface area contributed by atoms with Crippen molar-refractivity contribution in [1.29, 1.82) is 0 Å². The van der Waals surface area contributed by atoms with Crippen LogP contribution in [0.15, 0.2) is 4.99 Å². The zero-order valence-corrected chi connectivity index (χ0v) is 7.21. The van der Waals surface area contributed by atoms with Gasteiger partial charge in [-0.1, -0.05) is 0 Å². The smallest absolute Gasteiger partial charge is 0.358 e. The fourth-order valence-electron chi connectivity index (χ4n) is 0.405. The summed E-state index contributed by atoms with van der Waals surface area (Å²) in [4.78, 5) is 14.3. The van der Waals surface area contributed by atoms with Gasteiger partial charge in [0.05, 0.1) is 7.11 Å². The Morgan fingerprint density at radius 2 is 2.09 bits per heavy atom. The molecule has 0 unspecified atom stereocenters. The van der Waals surface area contributed by atoms with Crippen molar-refractivity contribution >= 4 is 11.9 Å². The number of urea groups is 1. The first kappa shape index (κ1) is 9.90. The zero-order chi connectivity index (χ0) is 8.85. The van der Waals surface area contributed by atoms with E-state index in [2.05, 4.69) is 15.2 Å². The Kier molecular flexibility index (Phi) is 4.21. The molecule has 0 spiro atoms. The summed E-state index contributed by atoms with van der Waals surface area (Å²) in [6.07, 6.45) is 0. The molecular formula is C6H13N3O2. The number of hydrazine groups is 1. The van der Waals surface area contributed by atoms with Crippen LogP contribution in [0.5, 0.6) is 0 Å². The standard InChI is InChI=1S/C6H13N3O2/c1-5(11-4)7-6(10)8-9(2)3/h1-4H3,(H,8,10). The van der Waals surface area contributed by atoms with Crippen molar-refractivity contribution in [2.24, 2.45) is 4.99 Å². The molecule has 0 bridgehead atoms. The molecule has 0 fully saturated rings. The fraction of sp³-hybridized carbons (Fsp3) is 0.667. The number of ether oxygens (including phenoxy) is 1. The number of methoxy groups -OCH3 is 1. The van der Waals surface area contributed by atoms with Crippen LogP contribution in [-0.4, -0.2) is 38.1 Å². The van der Waals surface area contributed by atoms with E-state index in [0.29, 0.717) is 5.90 Å². The minimum absolute atomic E-state index is 0.337. The third kappa shape index (κ3) is 5.35. The Bertz CT molecular complexity index is 165. The van der Waals surface area contributed by atoms with E-state index in [9.17, 15) is 4.79 Å². The van der Waals surface area contributed by atoms with Crippen LogP contribution in [0.2, 0.25) is 0 Å². The van der Waals surface area contributed by atoms with Gasteiger partial charge in [-0.3, -0.25) is 5.43 Å². The van der Waals surface area contributed by atoms with Gasteiger partial charge in [0.1, 0.15) is 0 Å². The van der Waals surface area contributed by atoms with E-state index in [0.717, 1.165) is 0 Å². The molecule has 0 saturated heterocycles. The van der Waals surface area contributed by atoms with Gasteiger partial charge in [0.2, 0.25) is 0 Å². The Morgan fingerprint density at radius 3 is 2.45 bits per heavy atom. The van der Waals surface area contributed by atoms with Crippen molar-refractivity contribution in [2.75, 3.05) is 21.2 Å². The highest BCUT2D eigenvalue weighted by atomic mass is 16.5. The van der Waals surface area contributed by atoms with Gasteiger partial charge in [0.25, 0.3) is 0 Å². The summed E-state index contributed by atoms with van der Waals surface area (Å²) in [6, 6.07) is -0.436. The molecule has 0 aliphatic heterocycles. The lowest BCUT2D eigenvalue weighted by Gasteiger charge is -2.08. The second-order valence-electron chi connectivity index (χ2n) is 2.15. The van der Waals surface area contributed by atoms with Crippen LogP contribution in [-0.2, 0) is 4.74 Å². The number of hydrogen-bond acceptors (Lipinski definition) is 3. The number of hydrogen-bond donors (Lipinski definition) is 1. The average molecular weight is 159 g/mol. The minimum atomic E-state index is -0.436. The molecule has 5 nitrogen and oxygen atoms in total. The highest BCUT2D eigenvalue weighted by Crippen LogP contribution is 1.80. The van der Waals surface area contributed by atoms with E-state index < -0.39 is 6.03 Å². The molecule has 11 heavy (non-hydrogen) atoms. The largest absolute Gasteiger partial charge is 0.484 e. The predicted molar refractivity (Wildman–Crippen MR) is 42.3 cm³/mol. The maximum absolute atomic E-state index is 10.8. The van der Waals surface area contributed by atoms with Crippen LogP contribution >= 0.6 is 0 Å². The summed E-state index contributed by atoms with van der Waals surface area (Å²) in [5, 5.41) is 1.51. The second kappa shape index (κ2) is 4.68. The molecule has 0 aromatic heterocycles. The van der Waals surface area contributed by atoms with E-state index in [-0.39, 0.29) is 0 Å². The zero-order valence-electron chi connectivity index (χ0n) is 7.21. The van der Waals surface area contributed by atoms with Crippen LogP contribution in [0.3, 0.4) is 0 Å². The van der Waals surface area contributed by atoms with E-state index >= 15 is 0 Å². The molecule has 0 aromatic rings. The fourth-order valence-corrected chi connectivity index (χ4v) is 0.405. The molecule has 0 rings (SSSR count). The third-order valence-corrected chi connectivity index (χ3v) is 0.874. The quantitative estimate of drug-likeness (QED) is 0.338. The van der Waals surface area contributed by atoms with Crippen molar-refractivity contribution in [2.45, 2.75) is 6.92 Å². The first-order valence-electron chi connectivity index (χ1n) is 3.13. The monoisotopic (exact) mass is 159 g/mol. The molecule has 5 heteroatoms. The first-order valence-corrected chi connectivity index (χ1v) is 3.13. The number of carbonyl (C=O) groups excluding carboxylic acids is 1. The molecule has 0 aliphatic rings. The normalized spacial score (nSPS) is 11.5. The highest BCUT2D eigenvalue weighted by molar-refractivity contribution is 5.88. The van der Waals surface area contributed by atoms with Crippen molar-refractivity contribution in [3.63, 3.8) is 0 Å². The first-order chi connectivity index (χ1) is 5.06. The summed E-state index contributed by atoms with van der Waals surface area (Å²) in [6.45, 7) is 1.61. The molecule has 2 amide bonds. The SMILES string of the molecule is COC(C)=NC(=O)NN(C)C. The number of carbonyl (C=O) groups is 1. The Labute approximate surface area is 66.0 Å². The number of rotatable bonds is 1. The topological polar surface area (TPSA) is 53.9 Å². The van der Waals surface area contributed by atoms with Gasteiger partial charge in [-0.15, -0.1) is 0 Å². The van der Waals surface area contributed by atoms with E-state index in [1.807, 2.05) is 0 Å². The van der Waals surface area contributed by atoms with Gasteiger partial charge in [-0.2, -0.15) is 4.99 Å². The van der Waals surface area contributed by atoms with Crippen molar-refractivity contribution in [3.8, 4) is 0 Å². The molecule has 0 saturated carbocycles. The number of nitrogens with zero attached hydrogens (tertiary/aromatic N) is 2. The molecular weight excluding hydrogens is 146 g/mol. The average Bonchev–Trinajstić information content (AvgIpc) is 1.85. The van der Waals surface area contributed by atoms with Crippen LogP contribution in [0.25, 0.3) is 0 Å². The van der Waals surface area contributed by atoms with Crippen molar-refractivity contribution < 1.29 is 9.53 Å². The van der Waals surface area contributed by atoms with Gasteiger partial charge in [0, 0.05) is 21.0 Å². The summed E-state index contributed by atoms with van der Waals surface area (Å²) >= 11 is 0. The van der Waals surface area contributed by atoms with E-state index in [1.54, 1.807) is 21.0 Å². The molecule has 0 aliphatic carbocycles. The van der Waals surface area contributed by atoms with E-state index in [1.165, 1.54) is 12.1 Å². The highest BCUT2D eigenvalue weighted by Gasteiger charge is 1.98. The minimum Gasteiger partial charge on any atom is -0.484 e. The van der Waals surface area contributed by atoms with E-state index in [4.69, 9.17) is 0 Å².